The molecular weight excluding hydrogens is 306 g/mol. The van der Waals surface area contributed by atoms with Gasteiger partial charge >= 0.3 is 0 Å². The standard InChI is InChI=1S/C19H21NO4/c1-3-7-20-13-8-10-5-6-12(22)16-15(10)18(9-14(20)19(13,18)23)17(24-16)11(21)4-2/h3,5-6,13-14,17,22-23H,1,4,7-9H2,2H3/t13-,14+,17+,18+,19+/m1/s1. The highest BCUT2D eigenvalue weighted by molar-refractivity contribution is 5.89. The number of nitrogens with zero attached hydrogens (tertiary/aromatic N) is 1. The van der Waals surface area contributed by atoms with Crippen LogP contribution in [0.15, 0.2) is 24.8 Å². The highest BCUT2D eigenvalue weighted by Crippen LogP contribution is 2.72. The molecule has 1 saturated carbocycles. The second-order valence-corrected chi connectivity index (χ2v) is 7.49. The molecule has 5 atom stereocenters. The predicted molar refractivity (Wildman–Crippen MR) is 87.2 cm³/mol. The molecule has 2 N–H and O–H groups in total. The van der Waals surface area contributed by atoms with E-state index in [-0.39, 0.29) is 23.6 Å². The Labute approximate surface area is 140 Å². The second-order valence-electron chi connectivity index (χ2n) is 7.49. The van der Waals surface area contributed by atoms with Gasteiger partial charge in [0.1, 0.15) is 5.60 Å². The molecule has 0 amide bonds. The number of phenolic OH excluding ortho intramolecular Hbond substituents is 1. The number of Topliss-reactive ketones (excluding diaryl/α,β-unsaturated/α-hetero) is 1. The Morgan fingerprint density at radius 2 is 2.29 bits per heavy atom. The van der Waals surface area contributed by atoms with E-state index in [0.29, 0.717) is 25.0 Å². The van der Waals surface area contributed by atoms with Crippen molar-refractivity contribution in [2.24, 2.45) is 0 Å². The SMILES string of the molecule is C=CCN1[C@H]2C[C@]34c5c(ccc(O)c5O[C@H]3C(=O)CC)C[C@@H]1[C@]24O. The van der Waals surface area contributed by atoms with Crippen molar-refractivity contribution in [3.05, 3.63) is 35.9 Å². The highest BCUT2D eigenvalue weighted by Gasteiger charge is 2.84. The molecule has 1 aromatic carbocycles. The molecule has 0 unspecified atom stereocenters. The Morgan fingerprint density at radius 1 is 1.50 bits per heavy atom. The first-order chi connectivity index (χ1) is 11.5. The van der Waals surface area contributed by atoms with Gasteiger partial charge in [0.15, 0.2) is 23.4 Å². The van der Waals surface area contributed by atoms with Crippen LogP contribution < -0.4 is 4.74 Å². The summed E-state index contributed by atoms with van der Waals surface area (Å²) in [6.45, 7) is 6.37. The molecule has 0 aromatic heterocycles. The Balaban J connectivity index is 1.72. The number of phenols is 1. The minimum Gasteiger partial charge on any atom is -0.504 e. The van der Waals surface area contributed by atoms with E-state index in [2.05, 4.69) is 11.5 Å². The number of carbonyl (C=O) groups excluding carboxylic acids is 1. The molecule has 2 aliphatic heterocycles. The molecular formula is C19H21NO4. The van der Waals surface area contributed by atoms with Crippen LogP contribution in [-0.4, -0.2) is 51.2 Å². The van der Waals surface area contributed by atoms with Gasteiger partial charge in [0.2, 0.25) is 0 Å². The van der Waals surface area contributed by atoms with Gasteiger partial charge in [-0.05, 0) is 24.5 Å². The van der Waals surface area contributed by atoms with E-state index in [0.717, 1.165) is 17.7 Å². The minimum absolute atomic E-state index is 0.00811. The first-order valence-electron chi connectivity index (χ1n) is 8.64. The summed E-state index contributed by atoms with van der Waals surface area (Å²) in [7, 11) is 0. The molecule has 1 spiro atoms. The fourth-order valence-corrected chi connectivity index (χ4v) is 5.84. The zero-order valence-corrected chi connectivity index (χ0v) is 13.7. The van der Waals surface area contributed by atoms with Gasteiger partial charge in [-0.15, -0.1) is 6.58 Å². The van der Waals surface area contributed by atoms with Crippen LogP contribution in [0.25, 0.3) is 0 Å². The number of hydrogen-bond acceptors (Lipinski definition) is 5. The van der Waals surface area contributed by atoms with Gasteiger partial charge in [0, 0.05) is 30.6 Å². The van der Waals surface area contributed by atoms with Crippen molar-refractivity contribution in [2.75, 3.05) is 6.54 Å². The summed E-state index contributed by atoms with van der Waals surface area (Å²) in [5.74, 6) is 0.463. The van der Waals surface area contributed by atoms with Crippen LogP contribution in [-0.2, 0) is 16.6 Å². The molecule has 5 rings (SSSR count). The van der Waals surface area contributed by atoms with E-state index in [9.17, 15) is 15.0 Å². The topological polar surface area (TPSA) is 70.0 Å². The van der Waals surface area contributed by atoms with Gasteiger partial charge in [0.25, 0.3) is 0 Å². The zero-order chi connectivity index (χ0) is 16.9. The smallest absolute Gasteiger partial charge is 0.174 e. The Hall–Kier alpha value is -1.85. The van der Waals surface area contributed by atoms with Crippen LogP contribution in [0.3, 0.4) is 0 Å². The summed E-state index contributed by atoms with van der Waals surface area (Å²) < 4.78 is 5.97. The number of aliphatic hydroxyl groups is 1. The maximum atomic E-state index is 12.6. The number of ketones is 1. The lowest BCUT2D eigenvalue weighted by Crippen LogP contribution is -2.94. The predicted octanol–water partition coefficient (Wildman–Crippen LogP) is 1.30. The van der Waals surface area contributed by atoms with Gasteiger partial charge in [0.05, 0.1) is 5.41 Å². The van der Waals surface area contributed by atoms with E-state index in [4.69, 9.17) is 4.74 Å². The maximum absolute atomic E-state index is 12.6. The Morgan fingerprint density at radius 3 is 3.00 bits per heavy atom. The van der Waals surface area contributed by atoms with E-state index in [1.165, 1.54) is 0 Å². The average molecular weight is 327 g/mol. The number of benzene rings is 1. The number of ether oxygens (including phenoxy) is 1. The van der Waals surface area contributed by atoms with E-state index in [1.807, 2.05) is 19.1 Å². The largest absolute Gasteiger partial charge is 0.504 e. The van der Waals surface area contributed by atoms with Crippen LogP contribution in [0.4, 0.5) is 0 Å². The Bertz CT molecular complexity index is 790. The molecule has 1 aromatic rings. The van der Waals surface area contributed by atoms with Crippen LogP contribution in [0, 0.1) is 0 Å². The number of aromatic hydroxyl groups is 1. The van der Waals surface area contributed by atoms with Crippen molar-refractivity contribution in [2.45, 2.75) is 55.4 Å². The number of rotatable bonds is 4. The van der Waals surface area contributed by atoms with Gasteiger partial charge in [-0.3, -0.25) is 9.69 Å². The number of carbonyl (C=O) groups is 1. The third-order valence-corrected chi connectivity index (χ3v) is 6.79. The van der Waals surface area contributed by atoms with Crippen molar-refractivity contribution in [3.8, 4) is 11.5 Å². The molecule has 5 nitrogen and oxygen atoms in total. The summed E-state index contributed by atoms with van der Waals surface area (Å²) in [5, 5.41) is 21.8. The lowest BCUT2D eigenvalue weighted by atomic mass is 9.38. The van der Waals surface area contributed by atoms with Crippen LogP contribution >= 0.6 is 0 Å². The molecule has 2 fully saturated rings. The second kappa shape index (κ2) is 4.21. The molecule has 2 aliphatic carbocycles. The highest BCUT2D eigenvalue weighted by atomic mass is 16.5. The van der Waals surface area contributed by atoms with Gasteiger partial charge < -0.3 is 14.9 Å². The molecule has 126 valence electrons. The lowest BCUT2D eigenvalue weighted by Gasteiger charge is -2.77. The molecule has 0 bridgehead atoms. The van der Waals surface area contributed by atoms with Crippen molar-refractivity contribution in [1.82, 2.24) is 4.90 Å². The Kier molecular flexibility index (Phi) is 2.54. The van der Waals surface area contributed by atoms with Crippen LogP contribution in [0.5, 0.6) is 11.5 Å². The molecule has 0 radical (unpaired) electrons. The molecule has 2 heterocycles. The third-order valence-electron chi connectivity index (χ3n) is 6.79. The van der Waals surface area contributed by atoms with Crippen LogP contribution in [0.1, 0.15) is 30.9 Å². The van der Waals surface area contributed by atoms with Crippen molar-refractivity contribution in [1.29, 1.82) is 0 Å². The van der Waals surface area contributed by atoms with Gasteiger partial charge in [-0.25, -0.2) is 0 Å². The van der Waals surface area contributed by atoms with Gasteiger partial charge in [-0.1, -0.05) is 19.1 Å². The average Bonchev–Trinajstić information content (AvgIpc) is 2.94. The van der Waals surface area contributed by atoms with Gasteiger partial charge in [-0.2, -0.15) is 0 Å². The van der Waals surface area contributed by atoms with Crippen LogP contribution in [0.2, 0.25) is 0 Å². The molecule has 4 aliphatic rings. The monoisotopic (exact) mass is 327 g/mol. The van der Waals surface area contributed by atoms with Crippen molar-refractivity contribution in [3.63, 3.8) is 0 Å². The van der Waals surface area contributed by atoms with E-state index >= 15 is 0 Å². The molecule has 5 heteroatoms. The summed E-state index contributed by atoms with van der Waals surface area (Å²) >= 11 is 0. The van der Waals surface area contributed by atoms with E-state index < -0.39 is 17.1 Å². The summed E-state index contributed by atoms with van der Waals surface area (Å²) in [4.78, 5) is 14.9. The number of likely N-dealkylation sites (tertiary alicyclic amines) is 1. The minimum atomic E-state index is -0.947. The first-order valence-corrected chi connectivity index (χ1v) is 8.64. The molecule has 1 saturated heterocycles. The fourth-order valence-electron chi connectivity index (χ4n) is 5.84. The lowest BCUT2D eigenvalue weighted by molar-refractivity contribution is -0.317. The van der Waals surface area contributed by atoms with E-state index in [1.54, 1.807) is 6.07 Å². The molecule has 24 heavy (non-hydrogen) atoms. The summed E-state index contributed by atoms with van der Waals surface area (Å²) in [6.07, 6.45) is 2.93. The van der Waals surface area contributed by atoms with Crippen molar-refractivity contribution < 1.29 is 19.7 Å². The third kappa shape index (κ3) is 1.21. The quantitative estimate of drug-likeness (QED) is 0.816. The van der Waals surface area contributed by atoms with Crippen molar-refractivity contribution >= 4 is 5.78 Å². The zero-order valence-electron chi connectivity index (χ0n) is 13.7. The normalized spacial score (nSPS) is 40.7. The fraction of sp³-hybridized carbons (Fsp3) is 0.526. The maximum Gasteiger partial charge on any atom is 0.174 e. The summed E-state index contributed by atoms with van der Waals surface area (Å²) in [6, 6.07) is 3.57. The number of hydrogen-bond donors (Lipinski definition) is 2. The number of piperidine rings is 1. The summed E-state index contributed by atoms with van der Waals surface area (Å²) in [5.41, 5.74) is 0.311. The first kappa shape index (κ1) is 14.5.